The lowest BCUT2D eigenvalue weighted by atomic mass is 9.92. The van der Waals surface area contributed by atoms with Gasteiger partial charge in [-0.15, -0.1) is 0 Å². The Hall–Kier alpha value is -2.61. The second-order valence-electron chi connectivity index (χ2n) is 6.97. The van der Waals surface area contributed by atoms with E-state index in [-0.39, 0.29) is 23.7 Å². The highest BCUT2D eigenvalue weighted by molar-refractivity contribution is 5.95. The first-order chi connectivity index (χ1) is 12.9. The fourth-order valence-electron chi connectivity index (χ4n) is 3.67. The minimum Gasteiger partial charge on any atom is -0.360 e. The van der Waals surface area contributed by atoms with E-state index in [9.17, 15) is 13.2 Å². The molecule has 1 fully saturated rings. The molecule has 5 nitrogen and oxygen atoms in total. The zero-order chi connectivity index (χ0) is 19.0. The lowest BCUT2D eigenvalue weighted by Gasteiger charge is -2.27. The normalized spacial score (nSPS) is 20.7. The van der Waals surface area contributed by atoms with Crippen molar-refractivity contribution in [1.82, 2.24) is 15.0 Å². The molecule has 8 heteroatoms. The van der Waals surface area contributed by atoms with Gasteiger partial charge in [-0.1, -0.05) is 18.2 Å². The number of para-hydroxylation sites is 1. The predicted octanol–water partition coefficient (Wildman–Crippen LogP) is 4.33. The van der Waals surface area contributed by atoms with Gasteiger partial charge in [-0.05, 0) is 31.7 Å². The molecule has 0 radical (unpaired) electrons. The third-order valence-corrected chi connectivity index (χ3v) is 4.99. The molecule has 1 aromatic carbocycles. The van der Waals surface area contributed by atoms with Crippen LogP contribution in [0.1, 0.15) is 31.2 Å². The summed E-state index contributed by atoms with van der Waals surface area (Å²) in [6, 6.07) is 7.37. The van der Waals surface area contributed by atoms with E-state index in [4.69, 9.17) is 5.73 Å². The van der Waals surface area contributed by atoms with Crippen molar-refractivity contribution >= 4 is 16.9 Å². The number of alkyl halides is 3. The van der Waals surface area contributed by atoms with E-state index < -0.39 is 11.7 Å². The Morgan fingerprint density at radius 3 is 2.78 bits per heavy atom. The van der Waals surface area contributed by atoms with Gasteiger partial charge in [-0.25, -0.2) is 9.97 Å². The van der Waals surface area contributed by atoms with Crippen molar-refractivity contribution in [3.63, 3.8) is 0 Å². The molecule has 3 aromatic rings. The Kier molecular flexibility index (Phi) is 4.51. The summed E-state index contributed by atoms with van der Waals surface area (Å²) >= 11 is 0. The molecular formula is C19H20F3N5. The van der Waals surface area contributed by atoms with E-state index in [0.717, 1.165) is 37.4 Å². The van der Waals surface area contributed by atoms with E-state index in [1.807, 2.05) is 12.1 Å². The minimum absolute atomic E-state index is 0.0707. The monoisotopic (exact) mass is 375 g/mol. The summed E-state index contributed by atoms with van der Waals surface area (Å²) in [5, 5.41) is 3.85. The molecule has 0 saturated heterocycles. The average Bonchev–Trinajstić information content (AvgIpc) is 3.05. The summed E-state index contributed by atoms with van der Waals surface area (Å²) in [6.07, 6.45) is 1.48. The summed E-state index contributed by atoms with van der Waals surface area (Å²) in [5.41, 5.74) is 6.18. The van der Waals surface area contributed by atoms with Gasteiger partial charge in [0.1, 0.15) is 5.56 Å². The molecule has 1 aliphatic rings. The third-order valence-electron chi connectivity index (χ3n) is 4.99. The van der Waals surface area contributed by atoms with Crippen LogP contribution in [0.2, 0.25) is 0 Å². The molecule has 0 amide bonds. The molecule has 0 bridgehead atoms. The molecule has 2 aromatic heterocycles. The van der Waals surface area contributed by atoms with Gasteiger partial charge in [0, 0.05) is 40.9 Å². The minimum atomic E-state index is -4.54. The Morgan fingerprint density at radius 1 is 1.19 bits per heavy atom. The van der Waals surface area contributed by atoms with Crippen LogP contribution in [-0.2, 0) is 6.18 Å². The van der Waals surface area contributed by atoms with Crippen LogP contribution in [-0.4, -0.2) is 27.0 Å². The van der Waals surface area contributed by atoms with Gasteiger partial charge < -0.3 is 16.0 Å². The highest BCUT2D eigenvalue weighted by Gasteiger charge is 2.36. The SMILES string of the molecule is NC1CCCC(Nc2ncc(C(F)(F)F)c(-c3c[nH]c4ccccc34)n2)C1. The topological polar surface area (TPSA) is 79.6 Å². The molecule has 0 aliphatic heterocycles. The van der Waals surface area contributed by atoms with Crippen LogP contribution >= 0.6 is 0 Å². The number of fused-ring (bicyclic) bond motifs is 1. The van der Waals surface area contributed by atoms with Crippen LogP contribution in [0, 0.1) is 0 Å². The zero-order valence-electron chi connectivity index (χ0n) is 14.6. The number of nitrogens with two attached hydrogens (primary N) is 1. The Morgan fingerprint density at radius 2 is 2.00 bits per heavy atom. The molecule has 4 rings (SSSR count). The fourth-order valence-corrected chi connectivity index (χ4v) is 3.67. The number of H-pyrrole nitrogens is 1. The van der Waals surface area contributed by atoms with Crippen LogP contribution in [0.25, 0.3) is 22.2 Å². The molecule has 2 heterocycles. The fraction of sp³-hybridized carbons (Fsp3) is 0.368. The Balaban J connectivity index is 1.76. The summed E-state index contributed by atoms with van der Waals surface area (Å²) in [5.74, 6) is 0.197. The van der Waals surface area contributed by atoms with Crippen molar-refractivity contribution in [2.75, 3.05) is 5.32 Å². The molecule has 0 spiro atoms. The second-order valence-corrected chi connectivity index (χ2v) is 6.97. The molecule has 2 unspecified atom stereocenters. The number of aromatic nitrogens is 3. The number of anilines is 1. The Labute approximate surface area is 154 Å². The lowest BCUT2D eigenvalue weighted by Crippen LogP contribution is -2.35. The molecule has 142 valence electrons. The van der Waals surface area contributed by atoms with E-state index in [1.165, 1.54) is 0 Å². The van der Waals surface area contributed by atoms with Gasteiger partial charge in [-0.2, -0.15) is 13.2 Å². The van der Waals surface area contributed by atoms with Gasteiger partial charge in [0.05, 0.1) is 5.69 Å². The third kappa shape index (κ3) is 3.62. The Bertz CT molecular complexity index is 950. The molecule has 1 saturated carbocycles. The second kappa shape index (κ2) is 6.84. The van der Waals surface area contributed by atoms with Gasteiger partial charge in [0.2, 0.25) is 5.95 Å². The first-order valence-corrected chi connectivity index (χ1v) is 8.94. The first-order valence-electron chi connectivity index (χ1n) is 8.94. The molecule has 27 heavy (non-hydrogen) atoms. The van der Waals surface area contributed by atoms with E-state index >= 15 is 0 Å². The molecule has 4 N–H and O–H groups in total. The number of rotatable bonds is 3. The van der Waals surface area contributed by atoms with Crippen LogP contribution in [0.5, 0.6) is 0 Å². The van der Waals surface area contributed by atoms with Crippen molar-refractivity contribution in [2.45, 2.75) is 43.9 Å². The number of nitrogens with zero attached hydrogens (tertiary/aromatic N) is 2. The van der Waals surface area contributed by atoms with Crippen molar-refractivity contribution < 1.29 is 13.2 Å². The van der Waals surface area contributed by atoms with E-state index in [1.54, 1.807) is 18.3 Å². The standard InChI is InChI=1S/C19H20F3N5/c20-19(21,22)15-10-25-18(26-12-5-3-4-11(23)8-12)27-17(15)14-9-24-16-7-2-1-6-13(14)16/h1-2,6-7,9-12,24H,3-5,8,23H2,(H,25,26,27). The largest absolute Gasteiger partial charge is 0.419 e. The maximum Gasteiger partial charge on any atom is 0.419 e. The van der Waals surface area contributed by atoms with Gasteiger partial charge in [0.25, 0.3) is 0 Å². The number of benzene rings is 1. The molecular weight excluding hydrogens is 355 g/mol. The number of halogens is 3. The zero-order valence-corrected chi connectivity index (χ0v) is 14.6. The smallest absolute Gasteiger partial charge is 0.360 e. The number of nitrogens with one attached hydrogen (secondary N) is 2. The van der Waals surface area contributed by atoms with Crippen LogP contribution in [0.3, 0.4) is 0 Å². The van der Waals surface area contributed by atoms with E-state index in [0.29, 0.717) is 10.9 Å². The van der Waals surface area contributed by atoms with Crippen LogP contribution < -0.4 is 11.1 Å². The molecule has 1 aliphatic carbocycles. The van der Waals surface area contributed by atoms with Crippen molar-refractivity contribution in [2.24, 2.45) is 5.73 Å². The van der Waals surface area contributed by atoms with Gasteiger partial charge >= 0.3 is 6.18 Å². The van der Waals surface area contributed by atoms with Crippen molar-refractivity contribution in [1.29, 1.82) is 0 Å². The number of hydrogen-bond donors (Lipinski definition) is 3. The first kappa shape index (κ1) is 17.8. The van der Waals surface area contributed by atoms with Crippen molar-refractivity contribution in [3.8, 4) is 11.3 Å². The predicted molar refractivity (Wildman–Crippen MR) is 98.2 cm³/mol. The van der Waals surface area contributed by atoms with Crippen LogP contribution in [0.4, 0.5) is 19.1 Å². The quantitative estimate of drug-likeness (QED) is 0.637. The summed E-state index contributed by atoms with van der Waals surface area (Å²) in [6.45, 7) is 0. The maximum atomic E-state index is 13.6. The summed E-state index contributed by atoms with van der Waals surface area (Å²) in [7, 11) is 0. The van der Waals surface area contributed by atoms with Crippen LogP contribution in [0.15, 0.2) is 36.7 Å². The highest BCUT2D eigenvalue weighted by Crippen LogP contribution is 2.38. The number of hydrogen-bond acceptors (Lipinski definition) is 4. The highest BCUT2D eigenvalue weighted by atomic mass is 19.4. The number of aromatic amines is 1. The van der Waals surface area contributed by atoms with Gasteiger partial charge in [-0.3, -0.25) is 0 Å². The van der Waals surface area contributed by atoms with Gasteiger partial charge in [0.15, 0.2) is 0 Å². The average molecular weight is 375 g/mol. The molecule has 2 atom stereocenters. The van der Waals surface area contributed by atoms with E-state index in [2.05, 4.69) is 20.3 Å². The van der Waals surface area contributed by atoms with Crippen molar-refractivity contribution in [3.05, 3.63) is 42.2 Å². The lowest BCUT2D eigenvalue weighted by molar-refractivity contribution is -0.137. The summed E-state index contributed by atoms with van der Waals surface area (Å²) in [4.78, 5) is 11.2. The summed E-state index contributed by atoms with van der Waals surface area (Å²) < 4.78 is 40.7. The maximum absolute atomic E-state index is 13.6.